The van der Waals surface area contributed by atoms with E-state index < -0.39 is 0 Å². The molecule has 0 aliphatic heterocycles. The number of hydrogen-bond acceptors (Lipinski definition) is 1. The van der Waals surface area contributed by atoms with Crippen LogP contribution in [0, 0.1) is 6.92 Å². The molecule has 4 heteroatoms. The third kappa shape index (κ3) is 1.63. The quantitative estimate of drug-likeness (QED) is 0.555. The van der Waals surface area contributed by atoms with Crippen molar-refractivity contribution in [2.45, 2.75) is 6.92 Å². The van der Waals surface area contributed by atoms with Crippen molar-refractivity contribution in [2.75, 3.05) is 5.73 Å². The van der Waals surface area contributed by atoms with Gasteiger partial charge in [-0.15, -0.1) is 0 Å². The lowest BCUT2D eigenvalue weighted by Crippen LogP contribution is -1.90. The molecule has 0 fully saturated rings. The Labute approximate surface area is 83.6 Å². The van der Waals surface area contributed by atoms with Gasteiger partial charge in [-0.2, -0.15) is 0 Å². The summed E-state index contributed by atoms with van der Waals surface area (Å²) in [4.78, 5) is 0. The van der Waals surface area contributed by atoms with Crippen LogP contribution in [0.25, 0.3) is 0 Å². The minimum atomic E-state index is 0.488. The zero-order chi connectivity index (χ0) is 8.59. The van der Waals surface area contributed by atoms with Gasteiger partial charge in [-0.05, 0) is 34.5 Å². The Morgan fingerprint density at radius 3 is 2.55 bits per heavy atom. The van der Waals surface area contributed by atoms with Crippen LogP contribution in [-0.2, 0) is 0 Å². The molecule has 0 atom stereocenters. The summed E-state index contributed by atoms with van der Waals surface area (Å²) in [6, 6.07) is 1.74. The number of halogens is 3. The van der Waals surface area contributed by atoms with E-state index in [1.807, 2.05) is 6.92 Å². The molecule has 2 N–H and O–H groups in total. The van der Waals surface area contributed by atoms with Crippen LogP contribution in [-0.4, -0.2) is 0 Å². The van der Waals surface area contributed by atoms with Gasteiger partial charge in [0, 0.05) is 0 Å². The average molecular weight is 255 g/mol. The second-order valence-corrected chi connectivity index (χ2v) is 3.80. The molecule has 1 aromatic carbocycles. The number of benzene rings is 1. The molecule has 1 nitrogen and oxygen atoms in total. The summed E-state index contributed by atoms with van der Waals surface area (Å²) in [7, 11) is 0. The fourth-order valence-electron chi connectivity index (χ4n) is 0.727. The Morgan fingerprint density at radius 2 is 2.00 bits per heavy atom. The minimum Gasteiger partial charge on any atom is -0.397 e. The Bertz CT molecular complexity index is 273. The lowest BCUT2D eigenvalue weighted by molar-refractivity contribution is 1.45. The molecule has 0 unspecified atom stereocenters. The van der Waals surface area contributed by atoms with Crippen LogP contribution in [0.2, 0.25) is 10.0 Å². The maximum absolute atomic E-state index is 5.87. The summed E-state index contributed by atoms with van der Waals surface area (Å²) < 4.78 is 0.671. The van der Waals surface area contributed by atoms with Gasteiger partial charge in [0.25, 0.3) is 0 Å². The fourth-order valence-corrected chi connectivity index (χ4v) is 1.78. The van der Waals surface area contributed by atoms with E-state index in [1.165, 1.54) is 0 Å². The van der Waals surface area contributed by atoms with Gasteiger partial charge in [-0.1, -0.05) is 23.2 Å². The first-order valence-corrected chi connectivity index (χ1v) is 4.48. The smallest absolute Gasteiger partial charge is 0.0663 e. The number of hydrogen-bond donors (Lipinski definition) is 1. The third-order valence-corrected chi connectivity index (χ3v) is 3.23. The molecular weight excluding hydrogens is 249 g/mol. The third-order valence-electron chi connectivity index (χ3n) is 1.38. The second-order valence-electron chi connectivity index (χ2n) is 2.22. The summed E-state index contributed by atoms with van der Waals surface area (Å²) in [5.41, 5.74) is 6.99. The number of nitrogen functional groups attached to an aromatic ring is 1. The molecule has 1 rings (SSSR count). The van der Waals surface area contributed by atoms with E-state index in [-0.39, 0.29) is 0 Å². The lowest BCUT2D eigenvalue weighted by Gasteiger charge is -2.05. The van der Waals surface area contributed by atoms with E-state index in [1.54, 1.807) is 6.07 Å². The molecular formula is C7H6BrCl2N. The molecule has 11 heavy (non-hydrogen) atoms. The molecule has 0 bridgehead atoms. The number of aryl methyl sites for hydroxylation is 1. The zero-order valence-corrected chi connectivity index (χ0v) is 8.89. The first-order valence-electron chi connectivity index (χ1n) is 2.93. The maximum Gasteiger partial charge on any atom is 0.0663 e. The van der Waals surface area contributed by atoms with Gasteiger partial charge < -0.3 is 5.73 Å². The van der Waals surface area contributed by atoms with Gasteiger partial charge in [-0.3, -0.25) is 0 Å². The van der Waals surface area contributed by atoms with E-state index in [0.717, 1.165) is 5.56 Å². The summed E-state index contributed by atoms with van der Waals surface area (Å²) in [5.74, 6) is 0. The first kappa shape index (κ1) is 9.17. The molecule has 0 aliphatic rings. The van der Waals surface area contributed by atoms with E-state index in [2.05, 4.69) is 15.9 Å². The van der Waals surface area contributed by atoms with Crippen molar-refractivity contribution in [1.29, 1.82) is 0 Å². The van der Waals surface area contributed by atoms with Gasteiger partial charge in [0.05, 0.1) is 20.2 Å². The zero-order valence-electron chi connectivity index (χ0n) is 5.79. The fraction of sp³-hybridized carbons (Fsp3) is 0.143. The van der Waals surface area contributed by atoms with Crippen LogP contribution in [0.4, 0.5) is 5.69 Å². The van der Waals surface area contributed by atoms with E-state index in [4.69, 9.17) is 28.9 Å². The molecule has 0 amide bonds. The van der Waals surface area contributed by atoms with Crippen molar-refractivity contribution >= 4 is 44.8 Å². The highest BCUT2D eigenvalue weighted by atomic mass is 79.9. The van der Waals surface area contributed by atoms with Gasteiger partial charge in [0.1, 0.15) is 0 Å². The van der Waals surface area contributed by atoms with Crippen molar-refractivity contribution in [3.63, 3.8) is 0 Å². The van der Waals surface area contributed by atoms with E-state index >= 15 is 0 Å². The summed E-state index contributed by atoms with van der Waals surface area (Å²) >= 11 is 14.9. The number of nitrogens with two attached hydrogens (primary N) is 1. The van der Waals surface area contributed by atoms with Crippen LogP contribution in [0.1, 0.15) is 5.56 Å². The molecule has 60 valence electrons. The number of anilines is 1. The monoisotopic (exact) mass is 253 g/mol. The summed E-state index contributed by atoms with van der Waals surface area (Å²) in [6.45, 7) is 1.87. The SMILES string of the molecule is Cc1cc(Cl)c(N)c(Br)c1Cl. The highest BCUT2D eigenvalue weighted by molar-refractivity contribution is 9.10. The van der Waals surface area contributed by atoms with Gasteiger partial charge in [-0.25, -0.2) is 0 Å². The van der Waals surface area contributed by atoms with E-state index in [0.29, 0.717) is 20.2 Å². The van der Waals surface area contributed by atoms with Crippen LogP contribution in [0.3, 0.4) is 0 Å². The molecule has 0 saturated carbocycles. The van der Waals surface area contributed by atoms with Crippen molar-refractivity contribution < 1.29 is 0 Å². The topological polar surface area (TPSA) is 26.0 Å². The molecule has 0 radical (unpaired) electrons. The van der Waals surface area contributed by atoms with Crippen molar-refractivity contribution in [3.05, 3.63) is 26.1 Å². The Morgan fingerprint density at radius 1 is 1.45 bits per heavy atom. The number of rotatable bonds is 0. The predicted octanol–water partition coefficient (Wildman–Crippen LogP) is 3.65. The standard InChI is InChI=1S/C7H6BrCl2N/c1-3-2-4(9)7(11)5(8)6(3)10/h2H,11H2,1H3. The highest BCUT2D eigenvalue weighted by Crippen LogP contribution is 2.36. The second kappa shape index (κ2) is 3.21. The molecule has 0 heterocycles. The molecule has 0 aromatic heterocycles. The molecule has 0 aliphatic carbocycles. The van der Waals surface area contributed by atoms with Crippen LogP contribution >= 0.6 is 39.1 Å². The van der Waals surface area contributed by atoms with Crippen LogP contribution in [0.5, 0.6) is 0 Å². The molecule has 0 spiro atoms. The van der Waals surface area contributed by atoms with Crippen LogP contribution in [0.15, 0.2) is 10.5 Å². The predicted molar refractivity (Wildman–Crippen MR) is 53.3 cm³/mol. The van der Waals surface area contributed by atoms with Crippen LogP contribution < -0.4 is 5.73 Å². The maximum atomic E-state index is 5.87. The Balaban J connectivity index is 3.46. The van der Waals surface area contributed by atoms with Crippen molar-refractivity contribution in [3.8, 4) is 0 Å². The summed E-state index contributed by atoms with van der Waals surface area (Å²) in [5, 5.41) is 1.14. The van der Waals surface area contributed by atoms with Crippen molar-refractivity contribution in [1.82, 2.24) is 0 Å². The van der Waals surface area contributed by atoms with Gasteiger partial charge >= 0.3 is 0 Å². The van der Waals surface area contributed by atoms with E-state index in [9.17, 15) is 0 Å². The van der Waals surface area contributed by atoms with Gasteiger partial charge in [0.2, 0.25) is 0 Å². The first-order chi connectivity index (χ1) is 5.04. The van der Waals surface area contributed by atoms with Gasteiger partial charge in [0.15, 0.2) is 0 Å². The normalized spacial score (nSPS) is 10.2. The minimum absolute atomic E-state index is 0.488. The average Bonchev–Trinajstić information content (AvgIpc) is 1.97. The highest BCUT2D eigenvalue weighted by Gasteiger charge is 2.08. The molecule has 1 aromatic rings. The summed E-state index contributed by atoms with van der Waals surface area (Å²) in [6.07, 6.45) is 0. The Kier molecular flexibility index (Phi) is 2.68. The largest absolute Gasteiger partial charge is 0.397 e. The van der Waals surface area contributed by atoms with Crippen molar-refractivity contribution in [2.24, 2.45) is 0 Å². The molecule has 0 saturated heterocycles. The Hall–Kier alpha value is 0.0800. The lowest BCUT2D eigenvalue weighted by atomic mass is 10.2.